The number of nitrogens with one attached hydrogen (secondary N) is 1. The first kappa shape index (κ1) is 21.8. The fourth-order valence-electron chi connectivity index (χ4n) is 3.07. The first-order chi connectivity index (χ1) is 15.0. The molecule has 158 valence electrons. The summed E-state index contributed by atoms with van der Waals surface area (Å²) in [4.78, 5) is 37.7. The molecule has 0 heterocycles. The Balaban J connectivity index is 1.65. The Bertz CT molecular complexity index is 1060. The molecular weight excluding hydrogens is 394 g/mol. The molecule has 3 aromatic carbocycles. The second-order valence-corrected chi connectivity index (χ2v) is 6.88. The molecule has 0 fully saturated rings. The summed E-state index contributed by atoms with van der Waals surface area (Å²) in [5, 5.41) is 2.78. The molecule has 0 aliphatic heterocycles. The summed E-state index contributed by atoms with van der Waals surface area (Å²) in [7, 11) is 1.54. The van der Waals surface area contributed by atoms with Crippen molar-refractivity contribution in [1.29, 1.82) is 0 Å². The normalized spacial score (nSPS) is 11.3. The average Bonchev–Trinajstić information content (AvgIpc) is 2.82. The van der Waals surface area contributed by atoms with Gasteiger partial charge in [0.15, 0.2) is 12.4 Å². The van der Waals surface area contributed by atoms with E-state index in [4.69, 9.17) is 9.47 Å². The molecule has 6 nitrogen and oxygen atoms in total. The van der Waals surface area contributed by atoms with Gasteiger partial charge in [-0.25, -0.2) is 4.79 Å². The van der Waals surface area contributed by atoms with Gasteiger partial charge in [-0.15, -0.1) is 0 Å². The van der Waals surface area contributed by atoms with Crippen molar-refractivity contribution in [2.45, 2.75) is 13.0 Å². The highest BCUT2D eigenvalue weighted by atomic mass is 16.5. The molecule has 0 aliphatic rings. The molecule has 0 aromatic heterocycles. The maximum Gasteiger partial charge on any atom is 0.339 e. The maximum absolute atomic E-state index is 12.9. The Morgan fingerprint density at radius 3 is 2.10 bits per heavy atom. The fraction of sp³-hybridized carbons (Fsp3) is 0.160. The number of ether oxygens (including phenoxy) is 2. The Hall–Kier alpha value is -3.93. The first-order valence-electron chi connectivity index (χ1n) is 9.79. The molecule has 1 atom stereocenters. The number of carbonyl (C=O) groups is 3. The van der Waals surface area contributed by atoms with Crippen LogP contribution in [0.3, 0.4) is 0 Å². The zero-order chi connectivity index (χ0) is 22.2. The largest absolute Gasteiger partial charge is 0.497 e. The molecule has 0 radical (unpaired) electrons. The van der Waals surface area contributed by atoms with Crippen LogP contribution in [0.4, 0.5) is 0 Å². The number of hydrogen-bond acceptors (Lipinski definition) is 5. The van der Waals surface area contributed by atoms with Crippen LogP contribution in [0.1, 0.15) is 44.8 Å². The number of carbonyl (C=O) groups excluding carboxylic acids is 3. The molecule has 3 rings (SSSR count). The van der Waals surface area contributed by atoms with E-state index in [1.165, 1.54) is 6.07 Å². The maximum atomic E-state index is 12.9. The van der Waals surface area contributed by atoms with Crippen molar-refractivity contribution in [3.8, 4) is 5.75 Å². The second-order valence-electron chi connectivity index (χ2n) is 6.88. The zero-order valence-electron chi connectivity index (χ0n) is 17.3. The van der Waals surface area contributed by atoms with Crippen LogP contribution in [-0.2, 0) is 9.53 Å². The van der Waals surface area contributed by atoms with Crippen LogP contribution in [0, 0.1) is 0 Å². The molecule has 0 unspecified atom stereocenters. The van der Waals surface area contributed by atoms with E-state index in [2.05, 4.69) is 5.32 Å². The number of benzene rings is 3. The highest BCUT2D eigenvalue weighted by Gasteiger charge is 2.20. The van der Waals surface area contributed by atoms with Crippen molar-refractivity contribution >= 4 is 17.7 Å². The lowest BCUT2D eigenvalue weighted by Crippen LogP contribution is -2.31. The minimum absolute atomic E-state index is 0.104. The molecule has 0 saturated carbocycles. The van der Waals surface area contributed by atoms with Crippen LogP contribution < -0.4 is 10.1 Å². The number of methoxy groups -OCH3 is 1. The Morgan fingerprint density at radius 2 is 1.45 bits per heavy atom. The number of amides is 1. The van der Waals surface area contributed by atoms with E-state index < -0.39 is 18.5 Å². The van der Waals surface area contributed by atoms with Crippen molar-refractivity contribution < 1.29 is 23.9 Å². The molecule has 0 bridgehead atoms. The van der Waals surface area contributed by atoms with E-state index in [0.29, 0.717) is 11.3 Å². The quantitative estimate of drug-likeness (QED) is 0.443. The van der Waals surface area contributed by atoms with Crippen molar-refractivity contribution in [2.75, 3.05) is 13.7 Å². The third-order valence-corrected chi connectivity index (χ3v) is 4.76. The predicted octanol–water partition coefficient (Wildman–Crippen LogP) is 3.96. The summed E-state index contributed by atoms with van der Waals surface area (Å²) in [5.74, 6) is -0.860. The van der Waals surface area contributed by atoms with Gasteiger partial charge >= 0.3 is 5.97 Å². The Kier molecular flexibility index (Phi) is 7.17. The first-order valence-corrected chi connectivity index (χ1v) is 9.79. The minimum atomic E-state index is -0.736. The lowest BCUT2D eigenvalue weighted by atomic mass is 9.98. The standard InChI is InChI=1S/C25H23NO5/c1-17(18-8-4-3-5-9-18)26-23(27)16-31-25(29)22-11-7-6-10-21(22)24(28)19-12-14-20(30-2)15-13-19/h3-15,17H,16H2,1-2H3,(H,26,27)/t17-/m0/s1. The topological polar surface area (TPSA) is 81.7 Å². The summed E-state index contributed by atoms with van der Waals surface area (Å²) in [6.07, 6.45) is 0. The number of hydrogen-bond donors (Lipinski definition) is 1. The van der Waals surface area contributed by atoms with E-state index in [0.717, 1.165) is 5.56 Å². The highest BCUT2D eigenvalue weighted by molar-refractivity contribution is 6.14. The monoisotopic (exact) mass is 417 g/mol. The second kappa shape index (κ2) is 10.2. The predicted molar refractivity (Wildman–Crippen MR) is 116 cm³/mol. The zero-order valence-corrected chi connectivity index (χ0v) is 17.3. The number of ketones is 1. The summed E-state index contributed by atoms with van der Waals surface area (Å²) in [6, 6.07) is 22.2. The summed E-state index contributed by atoms with van der Waals surface area (Å²) < 4.78 is 10.3. The van der Waals surface area contributed by atoms with E-state index in [-0.39, 0.29) is 23.0 Å². The Morgan fingerprint density at radius 1 is 0.839 bits per heavy atom. The van der Waals surface area contributed by atoms with Crippen molar-refractivity contribution in [1.82, 2.24) is 5.32 Å². The van der Waals surface area contributed by atoms with Gasteiger partial charge in [0.25, 0.3) is 5.91 Å². The lowest BCUT2D eigenvalue weighted by molar-refractivity contribution is -0.124. The van der Waals surface area contributed by atoms with Crippen LogP contribution in [0.5, 0.6) is 5.75 Å². The minimum Gasteiger partial charge on any atom is -0.497 e. The van der Waals surface area contributed by atoms with Crippen molar-refractivity contribution in [3.05, 3.63) is 101 Å². The summed E-state index contributed by atoms with van der Waals surface area (Å²) >= 11 is 0. The molecular formula is C25H23NO5. The number of esters is 1. The van der Waals surface area contributed by atoms with E-state index in [1.807, 2.05) is 37.3 Å². The third kappa shape index (κ3) is 5.57. The van der Waals surface area contributed by atoms with Crippen LogP contribution in [0.2, 0.25) is 0 Å². The molecule has 1 amide bonds. The highest BCUT2D eigenvalue weighted by Crippen LogP contribution is 2.18. The van der Waals surface area contributed by atoms with Crippen LogP contribution in [-0.4, -0.2) is 31.4 Å². The molecule has 31 heavy (non-hydrogen) atoms. The molecule has 0 aliphatic carbocycles. The van der Waals surface area contributed by atoms with Gasteiger partial charge in [0.05, 0.1) is 18.7 Å². The Labute approximate surface area is 180 Å². The van der Waals surface area contributed by atoms with Gasteiger partial charge < -0.3 is 14.8 Å². The van der Waals surface area contributed by atoms with Gasteiger partial charge in [0, 0.05) is 11.1 Å². The van der Waals surface area contributed by atoms with Gasteiger partial charge in [0.1, 0.15) is 5.75 Å². The lowest BCUT2D eigenvalue weighted by Gasteiger charge is -2.14. The molecule has 6 heteroatoms. The summed E-state index contributed by atoms with van der Waals surface area (Å²) in [5.41, 5.74) is 1.66. The van der Waals surface area contributed by atoms with Crippen LogP contribution in [0.15, 0.2) is 78.9 Å². The average molecular weight is 417 g/mol. The van der Waals surface area contributed by atoms with Crippen LogP contribution in [0.25, 0.3) is 0 Å². The smallest absolute Gasteiger partial charge is 0.339 e. The molecule has 0 spiro atoms. The van der Waals surface area contributed by atoms with E-state index in [1.54, 1.807) is 49.6 Å². The van der Waals surface area contributed by atoms with E-state index >= 15 is 0 Å². The summed E-state index contributed by atoms with van der Waals surface area (Å²) in [6.45, 7) is 1.40. The van der Waals surface area contributed by atoms with E-state index in [9.17, 15) is 14.4 Å². The van der Waals surface area contributed by atoms with Crippen molar-refractivity contribution in [3.63, 3.8) is 0 Å². The molecule has 0 saturated heterocycles. The van der Waals surface area contributed by atoms with Crippen molar-refractivity contribution in [2.24, 2.45) is 0 Å². The fourth-order valence-corrected chi connectivity index (χ4v) is 3.07. The van der Waals surface area contributed by atoms with Crippen LogP contribution >= 0.6 is 0 Å². The molecule has 1 N–H and O–H groups in total. The SMILES string of the molecule is COc1ccc(C(=O)c2ccccc2C(=O)OCC(=O)N[C@@H](C)c2ccccc2)cc1. The van der Waals surface area contributed by atoms with Gasteiger partial charge in [-0.3, -0.25) is 9.59 Å². The third-order valence-electron chi connectivity index (χ3n) is 4.76. The van der Waals surface area contributed by atoms with Gasteiger partial charge in [0.2, 0.25) is 0 Å². The van der Waals surface area contributed by atoms with Gasteiger partial charge in [-0.05, 0) is 42.8 Å². The molecule has 3 aromatic rings. The van der Waals surface area contributed by atoms with Gasteiger partial charge in [-0.1, -0.05) is 48.5 Å². The van der Waals surface area contributed by atoms with Gasteiger partial charge in [-0.2, -0.15) is 0 Å². The number of rotatable bonds is 8.